The molecule has 2 N–H and O–H groups in total. The zero-order valence-corrected chi connectivity index (χ0v) is 11.3. The second-order valence-electron chi connectivity index (χ2n) is 5.36. The third-order valence-corrected chi connectivity index (χ3v) is 4.13. The molecule has 0 aromatic heterocycles. The fourth-order valence-corrected chi connectivity index (χ4v) is 3.06. The van der Waals surface area contributed by atoms with Crippen molar-refractivity contribution in [2.24, 2.45) is 5.73 Å². The molecule has 1 unspecified atom stereocenters. The lowest BCUT2D eigenvalue weighted by Gasteiger charge is -2.38. The van der Waals surface area contributed by atoms with Crippen LogP contribution in [0.25, 0.3) is 0 Å². The molecular formula is C13H25N3O2. The Kier molecular flexibility index (Phi) is 4.97. The van der Waals surface area contributed by atoms with E-state index >= 15 is 0 Å². The minimum Gasteiger partial charge on any atom is -0.383 e. The van der Waals surface area contributed by atoms with Crippen molar-refractivity contribution in [1.82, 2.24) is 9.80 Å². The number of carbonyl (C=O) groups is 1. The monoisotopic (exact) mass is 255 g/mol. The number of piperazine rings is 1. The highest BCUT2D eigenvalue weighted by Gasteiger charge is 2.29. The summed E-state index contributed by atoms with van der Waals surface area (Å²) in [6, 6.07) is 0.253. The molecule has 1 heterocycles. The molecule has 1 saturated carbocycles. The third-order valence-electron chi connectivity index (χ3n) is 4.13. The lowest BCUT2D eigenvalue weighted by Crippen LogP contribution is -2.55. The molecule has 5 nitrogen and oxygen atoms in total. The van der Waals surface area contributed by atoms with Crippen molar-refractivity contribution >= 4 is 5.91 Å². The summed E-state index contributed by atoms with van der Waals surface area (Å²) in [5.41, 5.74) is 5.79. The van der Waals surface area contributed by atoms with Crippen LogP contribution in [0.2, 0.25) is 0 Å². The van der Waals surface area contributed by atoms with Gasteiger partial charge in [-0.15, -0.1) is 0 Å². The number of hydrogen-bond acceptors (Lipinski definition) is 4. The maximum absolute atomic E-state index is 12.0. The van der Waals surface area contributed by atoms with Crippen molar-refractivity contribution in [2.75, 3.05) is 39.9 Å². The standard InChI is InChI=1S/C13H25N3O2/c1-18-10-12(14)13(17)16-8-6-15(7-9-16)11-4-2-3-5-11/h11-12H,2-10,14H2,1H3. The van der Waals surface area contributed by atoms with Gasteiger partial charge in [-0.2, -0.15) is 0 Å². The van der Waals surface area contributed by atoms with Gasteiger partial charge in [-0.25, -0.2) is 0 Å². The van der Waals surface area contributed by atoms with Crippen molar-refractivity contribution in [3.8, 4) is 0 Å². The van der Waals surface area contributed by atoms with E-state index in [1.54, 1.807) is 7.11 Å². The second kappa shape index (κ2) is 6.50. The predicted molar refractivity (Wildman–Crippen MR) is 70.3 cm³/mol. The molecule has 0 radical (unpaired) electrons. The van der Waals surface area contributed by atoms with Crippen LogP contribution in [0.3, 0.4) is 0 Å². The number of hydrogen-bond donors (Lipinski definition) is 1. The highest BCUT2D eigenvalue weighted by molar-refractivity contribution is 5.81. The fraction of sp³-hybridized carbons (Fsp3) is 0.923. The molecule has 0 bridgehead atoms. The van der Waals surface area contributed by atoms with Crippen LogP contribution in [0.1, 0.15) is 25.7 Å². The number of nitrogens with zero attached hydrogens (tertiary/aromatic N) is 2. The molecule has 2 rings (SSSR count). The molecule has 0 aromatic rings. The molecule has 0 spiro atoms. The fourth-order valence-electron chi connectivity index (χ4n) is 3.06. The summed E-state index contributed by atoms with van der Waals surface area (Å²) in [5.74, 6) is 0.0305. The molecule has 0 aromatic carbocycles. The average molecular weight is 255 g/mol. The van der Waals surface area contributed by atoms with Gasteiger partial charge in [-0.1, -0.05) is 12.8 Å². The summed E-state index contributed by atoms with van der Waals surface area (Å²) in [7, 11) is 1.57. The molecule has 1 aliphatic heterocycles. The Morgan fingerprint density at radius 1 is 1.28 bits per heavy atom. The van der Waals surface area contributed by atoms with Gasteiger partial charge in [-0.3, -0.25) is 9.69 Å². The molecule has 2 aliphatic rings. The van der Waals surface area contributed by atoms with Gasteiger partial charge in [0.1, 0.15) is 6.04 Å². The Bertz CT molecular complexity index is 271. The van der Waals surface area contributed by atoms with E-state index in [0.29, 0.717) is 6.61 Å². The van der Waals surface area contributed by atoms with Crippen LogP contribution in [0.15, 0.2) is 0 Å². The molecule has 5 heteroatoms. The summed E-state index contributed by atoms with van der Waals surface area (Å²) < 4.78 is 4.94. The maximum atomic E-state index is 12.0. The lowest BCUT2D eigenvalue weighted by molar-refractivity contribution is -0.135. The number of ether oxygens (including phenoxy) is 1. The van der Waals surface area contributed by atoms with Gasteiger partial charge in [0.15, 0.2) is 0 Å². The smallest absolute Gasteiger partial charge is 0.241 e. The van der Waals surface area contributed by atoms with Gasteiger partial charge in [0.25, 0.3) is 0 Å². The lowest BCUT2D eigenvalue weighted by atomic mass is 10.1. The first-order valence-electron chi connectivity index (χ1n) is 6.99. The normalized spacial score (nSPS) is 24.4. The van der Waals surface area contributed by atoms with Crippen molar-refractivity contribution in [3.05, 3.63) is 0 Å². The molecule has 2 fully saturated rings. The van der Waals surface area contributed by atoms with Crippen LogP contribution in [0, 0.1) is 0 Å². The number of amides is 1. The van der Waals surface area contributed by atoms with Crippen LogP contribution >= 0.6 is 0 Å². The molecule has 1 atom stereocenters. The molecule has 104 valence electrons. The van der Waals surface area contributed by atoms with Gasteiger partial charge in [0.2, 0.25) is 5.91 Å². The van der Waals surface area contributed by atoms with Crippen LogP contribution in [0.5, 0.6) is 0 Å². The first kappa shape index (κ1) is 13.8. The topological polar surface area (TPSA) is 58.8 Å². The highest BCUT2D eigenvalue weighted by atomic mass is 16.5. The number of methoxy groups -OCH3 is 1. The Balaban J connectivity index is 1.77. The van der Waals surface area contributed by atoms with E-state index in [0.717, 1.165) is 32.2 Å². The van der Waals surface area contributed by atoms with Crippen LogP contribution in [-0.4, -0.2) is 67.7 Å². The van der Waals surface area contributed by atoms with Crippen molar-refractivity contribution in [1.29, 1.82) is 0 Å². The summed E-state index contributed by atoms with van der Waals surface area (Å²) >= 11 is 0. The van der Waals surface area contributed by atoms with Crippen LogP contribution in [0.4, 0.5) is 0 Å². The van der Waals surface area contributed by atoms with E-state index in [2.05, 4.69) is 4.90 Å². The van der Waals surface area contributed by atoms with Crippen molar-refractivity contribution in [3.63, 3.8) is 0 Å². The van der Waals surface area contributed by atoms with E-state index in [4.69, 9.17) is 10.5 Å². The van der Waals surface area contributed by atoms with Crippen LogP contribution in [-0.2, 0) is 9.53 Å². The Morgan fingerprint density at radius 3 is 2.44 bits per heavy atom. The zero-order chi connectivity index (χ0) is 13.0. The SMILES string of the molecule is COCC(N)C(=O)N1CCN(C2CCCC2)CC1. The summed E-state index contributed by atoms with van der Waals surface area (Å²) in [5, 5.41) is 0. The summed E-state index contributed by atoms with van der Waals surface area (Å²) in [6.07, 6.45) is 5.39. The van der Waals surface area contributed by atoms with Crippen LogP contribution < -0.4 is 5.73 Å². The first-order chi connectivity index (χ1) is 8.72. The zero-order valence-electron chi connectivity index (χ0n) is 11.3. The number of carbonyl (C=O) groups excluding carboxylic acids is 1. The molecule has 1 amide bonds. The quantitative estimate of drug-likeness (QED) is 0.771. The number of nitrogens with two attached hydrogens (primary N) is 1. The third kappa shape index (κ3) is 3.22. The maximum Gasteiger partial charge on any atom is 0.241 e. The first-order valence-corrected chi connectivity index (χ1v) is 6.99. The van der Waals surface area contributed by atoms with Gasteiger partial charge >= 0.3 is 0 Å². The molecule has 1 saturated heterocycles. The van der Waals surface area contributed by atoms with E-state index in [9.17, 15) is 4.79 Å². The summed E-state index contributed by atoms with van der Waals surface area (Å²) in [6.45, 7) is 3.92. The van der Waals surface area contributed by atoms with Gasteiger partial charge in [-0.05, 0) is 12.8 Å². The number of rotatable bonds is 4. The Morgan fingerprint density at radius 2 is 1.89 bits per heavy atom. The predicted octanol–water partition coefficient (Wildman–Crippen LogP) is 0.0469. The highest BCUT2D eigenvalue weighted by Crippen LogP contribution is 2.24. The summed E-state index contributed by atoms with van der Waals surface area (Å²) in [4.78, 5) is 16.4. The average Bonchev–Trinajstić information content (AvgIpc) is 2.92. The van der Waals surface area contributed by atoms with Gasteiger partial charge < -0.3 is 15.4 Å². The van der Waals surface area contributed by atoms with E-state index < -0.39 is 6.04 Å². The van der Waals surface area contributed by atoms with Gasteiger partial charge in [0, 0.05) is 39.3 Å². The minimum absolute atomic E-state index is 0.0305. The van der Waals surface area contributed by atoms with Gasteiger partial charge in [0.05, 0.1) is 6.61 Å². The van der Waals surface area contributed by atoms with Crippen molar-refractivity contribution in [2.45, 2.75) is 37.8 Å². The minimum atomic E-state index is -0.506. The van der Waals surface area contributed by atoms with E-state index in [-0.39, 0.29) is 5.91 Å². The molecule has 18 heavy (non-hydrogen) atoms. The van der Waals surface area contributed by atoms with E-state index in [1.807, 2.05) is 4.90 Å². The van der Waals surface area contributed by atoms with E-state index in [1.165, 1.54) is 25.7 Å². The Labute approximate surface area is 109 Å². The molecular weight excluding hydrogens is 230 g/mol. The second-order valence-corrected chi connectivity index (χ2v) is 5.36. The Hall–Kier alpha value is -0.650. The van der Waals surface area contributed by atoms with Crippen molar-refractivity contribution < 1.29 is 9.53 Å². The molecule has 1 aliphatic carbocycles. The largest absolute Gasteiger partial charge is 0.383 e.